The van der Waals surface area contributed by atoms with Gasteiger partial charge in [-0.15, -0.1) is 0 Å². The summed E-state index contributed by atoms with van der Waals surface area (Å²) in [6, 6.07) is 0. The first-order chi connectivity index (χ1) is 5.19. The molecule has 0 saturated heterocycles. The summed E-state index contributed by atoms with van der Waals surface area (Å²) in [5, 5.41) is 0. The zero-order valence-corrected chi connectivity index (χ0v) is 7.87. The Labute approximate surface area is 71.3 Å². The Morgan fingerprint density at radius 1 is 1.42 bits per heavy atom. The minimum Gasteiger partial charge on any atom is -0.324 e. The van der Waals surface area contributed by atoms with Gasteiger partial charge in [-0.1, -0.05) is 13.3 Å². The Kier molecular flexibility index (Phi) is 3.84. The quantitative estimate of drug-likeness (QED) is 0.285. The first-order valence-electron chi connectivity index (χ1n) is 3.61. The highest BCUT2D eigenvalue weighted by Crippen LogP contribution is 2.45. The summed E-state index contributed by atoms with van der Waals surface area (Å²) in [5.41, 5.74) is 14.5. The Morgan fingerprint density at radius 2 is 1.83 bits per heavy atom. The van der Waals surface area contributed by atoms with E-state index in [4.69, 9.17) is 27.0 Å². The summed E-state index contributed by atoms with van der Waals surface area (Å²) in [5.74, 6) is -1.81. The van der Waals surface area contributed by atoms with Gasteiger partial charge >= 0.3 is 7.60 Å². The molecule has 0 aliphatic rings. The van der Waals surface area contributed by atoms with Crippen LogP contribution in [0.2, 0.25) is 0 Å². The lowest BCUT2D eigenvalue weighted by molar-refractivity contribution is 0.308. The Bertz CT molecular complexity index is 185. The van der Waals surface area contributed by atoms with Crippen LogP contribution in [0.15, 0.2) is 0 Å². The monoisotopic (exact) mass is 197 g/mol. The first kappa shape index (κ1) is 12.0. The van der Waals surface area contributed by atoms with Gasteiger partial charge in [-0.05, 0) is 6.42 Å². The minimum absolute atomic E-state index is 0.216. The Morgan fingerprint density at radius 3 is 1.92 bits per heavy atom. The van der Waals surface area contributed by atoms with Gasteiger partial charge in [-0.25, -0.2) is 0 Å². The van der Waals surface area contributed by atoms with Gasteiger partial charge in [0, 0.05) is 0 Å². The molecule has 12 heavy (non-hydrogen) atoms. The van der Waals surface area contributed by atoms with E-state index in [9.17, 15) is 4.57 Å². The van der Waals surface area contributed by atoms with Crippen LogP contribution in [0.4, 0.5) is 0 Å². The molecule has 0 saturated carbocycles. The summed E-state index contributed by atoms with van der Waals surface area (Å²) >= 11 is 0. The van der Waals surface area contributed by atoms with Gasteiger partial charge in [0.05, 0.1) is 0 Å². The summed E-state index contributed by atoms with van der Waals surface area (Å²) in [6.45, 7) is 1.77. The summed E-state index contributed by atoms with van der Waals surface area (Å²) < 4.78 is 10.8. The highest BCUT2D eigenvalue weighted by Gasteiger charge is 2.39. The molecule has 0 aliphatic carbocycles. The van der Waals surface area contributed by atoms with Crippen molar-refractivity contribution in [1.82, 2.24) is 0 Å². The largest absolute Gasteiger partial charge is 0.333 e. The van der Waals surface area contributed by atoms with E-state index in [1.54, 1.807) is 6.92 Å². The van der Waals surface area contributed by atoms with E-state index in [0.717, 1.165) is 0 Å². The van der Waals surface area contributed by atoms with Crippen molar-refractivity contribution >= 4 is 7.60 Å². The average Bonchev–Trinajstić information content (AvgIpc) is 1.77. The Hall–Kier alpha value is 0.0300. The van der Waals surface area contributed by atoms with Gasteiger partial charge in [-0.3, -0.25) is 4.57 Å². The molecule has 0 rings (SSSR count). The fourth-order valence-electron chi connectivity index (χ4n) is 0.983. The van der Waals surface area contributed by atoms with E-state index in [-0.39, 0.29) is 6.42 Å². The van der Waals surface area contributed by atoms with Crippen LogP contribution in [0.3, 0.4) is 0 Å². The smallest absolute Gasteiger partial charge is 0.324 e. The normalized spacial score (nSPS) is 16.2. The van der Waals surface area contributed by atoms with Gasteiger partial charge in [0.25, 0.3) is 0 Å². The third-order valence-corrected chi connectivity index (χ3v) is 3.06. The van der Waals surface area contributed by atoms with E-state index < -0.39 is 19.0 Å². The number of hydrogen-bond donors (Lipinski definition) is 5. The highest BCUT2D eigenvalue weighted by atomic mass is 31.2. The second-order valence-electron chi connectivity index (χ2n) is 2.89. The Balaban J connectivity index is 4.57. The lowest BCUT2D eigenvalue weighted by Gasteiger charge is -2.29. The van der Waals surface area contributed by atoms with Crippen LogP contribution in [0.25, 0.3) is 0 Å². The lowest BCUT2D eigenvalue weighted by Crippen LogP contribution is -2.65. The highest BCUT2D eigenvalue weighted by molar-refractivity contribution is 7.52. The molecule has 1 atom stereocenters. The number of nitrogens with two attached hydrogens (primary N) is 3. The second kappa shape index (κ2) is 3.83. The minimum atomic E-state index is -4.29. The molecule has 0 amide bonds. The van der Waals surface area contributed by atoms with Crippen molar-refractivity contribution in [3.05, 3.63) is 0 Å². The molecule has 0 aromatic rings. The SMILES string of the molecule is CCCC(C(N)(N)N)P(=O)(O)O. The van der Waals surface area contributed by atoms with Crippen molar-refractivity contribution in [2.24, 2.45) is 17.2 Å². The summed E-state index contributed by atoms with van der Waals surface area (Å²) in [4.78, 5) is 17.6. The molecular formula is C5H16N3O3P. The maximum Gasteiger partial charge on any atom is 0.333 e. The molecule has 0 radical (unpaired) electrons. The van der Waals surface area contributed by atoms with Crippen molar-refractivity contribution in [3.63, 3.8) is 0 Å². The van der Waals surface area contributed by atoms with E-state index in [0.29, 0.717) is 6.42 Å². The summed E-state index contributed by atoms with van der Waals surface area (Å²) in [6.07, 6.45) is 0.789. The van der Waals surface area contributed by atoms with Gasteiger partial charge in [-0.2, -0.15) is 0 Å². The maximum atomic E-state index is 10.8. The number of rotatable bonds is 4. The molecule has 0 spiro atoms. The predicted molar refractivity (Wildman–Crippen MR) is 46.0 cm³/mol. The van der Waals surface area contributed by atoms with Crippen LogP contribution in [-0.4, -0.2) is 21.2 Å². The second-order valence-corrected chi connectivity index (χ2v) is 4.70. The maximum absolute atomic E-state index is 10.8. The predicted octanol–water partition coefficient (Wildman–Crippen LogP) is -1.14. The van der Waals surface area contributed by atoms with E-state index in [1.807, 2.05) is 0 Å². The molecule has 0 heterocycles. The van der Waals surface area contributed by atoms with Gasteiger partial charge in [0.2, 0.25) is 0 Å². The van der Waals surface area contributed by atoms with Crippen molar-refractivity contribution in [2.75, 3.05) is 0 Å². The van der Waals surface area contributed by atoms with Crippen molar-refractivity contribution in [1.29, 1.82) is 0 Å². The summed E-state index contributed by atoms with van der Waals surface area (Å²) in [7, 11) is -4.29. The molecule has 1 unspecified atom stereocenters. The molecule has 0 aromatic heterocycles. The molecule has 6 nitrogen and oxygen atoms in total. The van der Waals surface area contributed by atoms with Crippen LogP contribution >= 0.6 is 7.60 Å². The molecule has 0 aliphatic heterocycles. The number of hydrogen-bond acceptors (Lipinski definition) is 4. The van der Waals surface area contributed by atoms with Crippen LogP contribution in [0.5, 0.6) is 0 Å². The van der Waals surface area contributed by atoms with Crippen LogP contribution < -0.4 is 17.2 Å². The molecule has 0 aromatic carbocycles. The van der Waals surface area contributed by atoms with Crippen molar-refractivity contribution in [3.8, 4) is 0 Å². The van der Waals surface area contributed by atoms with Crippen LogP contribution in [0, 0.1) is 0 Å². The fraction of sp³-hybridized carbons (Fsp3) is 1.00. The van der Waals surface area contributed by atoms with Gasteiger partial charge in [0.15, 0.2) is 0 Å². The molecule has 0 bridgehead atoms. The topological polar surface area (TPSA) is 136 Å². The van der Waals surface area contributed by atoms with Gasteiger partial charge in [0.1, 0.15) is 11.4 Å². The zero-order chi connectivity index (χ0) is 9.99. The van der Waals surface area contributed by atoms with E-state index >= 15 is 0 Å². The van der Waals surface area contributed by atoms with Crippen molar-refractivity contribution < 1.29 is 14.4 Å². The third-order valence-electron chi connectivity index (χ3n) is 1.55. The zero-order valence-electron chi connectivity index (χ0n) is 6.97. The first-order valence-corrected chi connectivity index (χ1v) is 5.29. The molecule has 0 fully saturated rings. The van der Waals surface area contributed by atoms with Crippen molar-refractivity contribution in [2.45, 2.75) is 31.2 Å². The molecule has 8 N–H and O–H groups in total. The third kappa shape index (κ3) is 3.62. The lowest BCUT2D eigenvalue weighted by atomic mass is 10.1. The van der Waals surface area contributed by atoms with Gasteiger partial charge < -0.3 is 27.0 Å². The molecule has 7 heteroatoms. The van der Waals surface area contributed by atoms with E-state index in [1.165, 1.54) is 0 Å². The molecule has 74 valence electrons. The van der Waals surface area contributed by atoms with Crippen LogP contribution in [0.1, 0.15) is 19.8 Å². The van der Waals surface area contributed by atoms with Crippen LogP contribution in [-0.2, 0) is 4.57 Å². The van der Waals surface area contributed by atoms with E-state index in [2.05, 4.69) is 0 Å². The average molecular weight is 197 g/mol. The fourth-order valence-corrected chi connectivity index (χ4v) is 2.16. The molecular weight excluding hydrogens is 181 g/mol. The standard InChI is InChI=1S/C5H16N3O3P/c1-2-3-4(5(6,7)8)12(9,10)11/h4H,2-3,6-8H2,1H3,(H2,9,10,11).